The summed E-state index contributed by atoms with van der Waals surface area (Å²) in [5.41, 5.74) is 2.38. The first-order valence-electron chi connectivity index (χ1n) is 6.04. The van der Waals surface area contributed by atoms with Crippen LogP contribution in [-0.2, 0) is 0 Å². The normalized spacial score (nSPS) is 15.7. The molecule has 8 heteroatoms. The van der Waals surface area contributed by atoms with Crippen molar-refractivity contribution in [2.24, 2.45) is 5.84 Å². The number of nitrogens with zero attached hydrogens (tertiary/aromatic N) is 4. The monoisotopic (exact) mass is 253 g/mol. The van der Waals surface area contributed by atoms with E-state index in [0.29, 0.717) is 5.95 Å². The second kappa shape index (κ2) is 6.31. The first-order chi connectivity index (χ1) is 8.81. The molecule has 2 heterocycles. The van der Waals surface area contributed by atoms with Gasteiger partial charge in [0.2, 0.25) is 11.9 Å². The molecule has 0 aromatic carbocycles. The summed E-state index contributed by atoms with van der Waals surface area (Å²) in [6.45, 7) is 4.13. The zero-order valence-corrected chi connectivity index (χ0v) is 10.5. The quantitative estimate of drug-likeness (QED) is 0.468. The highest BCUT2D eigenvalue weighted by Gasteiger charge is 2.11. The number of nitrogens with two attached hydrogens (primary N) is 1. The predicted molar refractivity (Wildman–Crippen MR) is 68.4 cm³/mol. The lowest BCUT2D eigenvalue weighted by atomic mass is 10.4. The van der Waals surface area contributed by atoms with E-state index in [2.05, 4.69) is 30.6 Å². The first-order valence-corrected chi connectivity index (χ1v) is 6.04. The van der Waals surface area contributed by atoms with Gasteiger partial charge < -0.3 is 15.0 Å². The fourth-order valence-corrected chi connectivity index (χ4v) is 1.92. The Labute approximate surface area is 106 Å². The van der Waals surface area contributed by atoms with Crippen molar-refractivity contribution >= 4 is 11.9 Å². The third kappa shape index (κ3) is 3.41. The van der Waals surface area contributed by atoms with Gasteiger partial charge in [-0.15, -0.1) is 0 Å². The highest BCUT2D eigenvalue weighted by Crippen LogP contribution is 2.10. The van der Waals surface area contributed by atoms with Gasteiger partial charge in [-0.25, -0.2) is 5.84 Å². The molecule has 1 aliphatic rings. The van der Waals surface area contributed by atoms with Gasteiger partial charge in [0.15, 0.2) is 0 Å². The van der Waals surface area contributed by atoms with Crippen LogP contribution in [0.4, 0.5) is 11.9 Å². The molecular weight excluding hydrogens is 234 g/mol. The standard InChI is InChI=1S/C10H19N7O/c1-18-10-14-8(13-9(15-10)16-11)12-4-7-17-5-2-3-6-17/h2-7,11H2,1H3,(H2,12,13,14,15,16). The number of methoxy groups -OCH3 is 1. The third-order valence-corrected chi connectivity index (χ3v) is 2.84. The van der Waals surface area contributed by atoms with Crippen LogP contribution in [-0.4, -0.2) is 53.1 Å². The lowest BCUT2D eigenvalue weighted by Crippen LogP contribution is -2.26. The first kappa shape index (κ1) is 12.8. The molecule has 4 N–H and O–H groups in total. The Morgan fingerprint density at radius 2 is 1.94 bits per heavy atom. The van der Waals surface area contributed by atoms with Crippen LogP contribution in [0, 0.1) is 0 Å². The fourth-order valence-electron chi connectivity index (χ4n) is 1.92. The summed E-state index contributed by atoms with van der Waals surface area (Å²) >= 11 is 0. The number of anilines is 2. The maximum atomic E-state index is 5.28. The van der Waals surface area contributed by atoms with Crippen LogP contribution in [0.15, 0.2) is 0 Å². The second-order valence-corrected chi connectivity index (χ2v) is 4.09. The second-order valence-electron chi connectivity index (χ2n) is 4.09. The molecular formula is C10H19N7O. The highest BCUT2D eigenvalue weighted by atomic mass is 16.5. The van der Waals surface area contributed by atoms with Crippen molar-refractivity contribution in [3.8, 4) is 6.01 Å². The van der Waals surface area contributed by atoms with Crippen molar-refractivity contribution in [1.29, 1.82) is 0 Å². The average molecular weight is 253 g/mol. The average Bonchev–Trinajstić information content (AvgIpc) is 2.91. The number of hydrazine groups is 1. The van der Waals surface area contributed by atoms with Crippen molar-refractivity contribution in [2.75, 3.05) is 44.0 Å². The summed E-state index contributed by atoms with van der Waals surface area (Å²) in [6, 6.07) is 0.238. The zero-order chi connectivity index (χ0) is 12.8. The van der Waals surface area contributed by atoms with Crippen LogP contribution in [0.5, 0.6) is 6.01 Å². The zero-order valence-electron chi connectivity index (χ0n) is 10.5. The van der Waals surface area contributed by atoms with E-state index in [-0.39, 0.29) is 12.0 Å². The van der Waals surface area contributed by atoms with E-state index in [0.717, 1.165) is 13.1 Å². The predicted octanol–water partition coefficient (Wildman–Crippen LogP) is -0.327. The lowest BCUT2D eigenvalue weighted by molar-refractivity contribution is 0.352. The van der Waals surface area contributed by atoms with Crippen molar-refractivity contribution in [3.05, 3.63) is 0 Å². The number of hydrogen-bond acceptors (Lipinski definition) is 8. The maximum Gasteiger partial charge on any atom is 0.322 e. The lowest BCUT2D eigenvalue weighted by Gasteiger charge is -2.14. The summed E-state index contributed by atoms with van der Waals surface area (Å²) in [6.07, 6.45) is 2.58. The van der Waals surface area contributed by atoms with Gasteiger partial charge in [-0.1, -0.05) is 0 Å². The van der Waals surface area contributed by atoms with Crippen molar-refractivity contribution in [2.45, 2.75) is 12.8 Å². The van der Waals surface area contributed by atoms with Gasteiger partial charge in [-0.05, 0) is 25.9 Å². The van der Waals surface area contributed by atoms with Crippen LogP contribution in [0.1, 0.15) is 12.8 Å². The Morgan fingerprint density at radius 3 is 2.61 bits per heavy atom. The molecule has 1 aromatic heterocycles. The van der Waals surface area contributed by atoms with Gasteiger partial charge in [0.05, 0.1) is 7.11 Å². The molecule has 1 aliphatic heterocycles. The SMILES string of the molecule is COc1nc(NN)nc(NCCN2CCCC2)n1. The minimum Gasteiger partial charge on any atom is -0.467 e. The molecule has 18 heavy (non-hydrogen) atoms. The van der Waals surface area contributed by atoms with Crippen LogP contribution in [0.2, 0.25) is 0 Å². The van der Waals surface area contributed by atoms with Gasteiger partial charge in [-0.3, -0.25) is 5.43 Å². The number of likely N-dealkylation sites (tertiary alicyclic amines) is 1. The van der Waals surface area contributed by atoms with Gasteiger partial charge in [0.25, 0.3) is 0 Å². The fraction of sp³-hybridized carbons (Fsp3) is 0.700. The van der Waals surface area contributed by atoms with E-state index in [1.165, 1.54) is 33.0 Å². The Kier molecular flexibility index (Phi) is 4.48. The highest BCUT2D eigenvalue weighted by molar-refractivity contribution is 5.34. The van der Waals surface area contributed by atoms with E-state index < -0.39 is 0 Å². The van der Waals surface area contributed by atoms with E-state index in [1.54, 1.807) is 0 Å². The Morgan fingerprint density at radius 1 is 1.22 bits per heavy atom. The summed E-state index contributed by atoms with van der Waals surface area (Å²) in [7, 11) is 1.50. The number of hydrogen-bond donors (Lipinski definition) is 3. The molecule has 0 aliphatic carbocycles. The molecule has 1 aromatic rings. The number of aromatic nitrogens is 3. The van der Waals surface area contributed by atoms with E-state index in [1.807, 2.05) is 0 Å². The number of nitrogens with one attached hydrogen (secondary N) is 2. The Balaban J connectivity index is 1.87. The third-order valence-electron chi connectivity index (χ3n) is 2.84. The molecule has 0 spiro atoms. The maximum absolute atomic E-state index is 5.28. The molecule has 0 bridgehead atoms. The summed E-state index contributed by atoms with van der Waals surface area (Å²) in [5, 5.41) is 3.14. The van der Waals surface area contributed by atoms with E-state index in [4.69, 9.17) is 10.6 Å². The Hall–Kier alpha value is -1.67. The van der Waals surface area contributed by atoms with Crippen molar-refractivity contribution < 1.29 is 4.74 Å². The van der Waals surface area contributed by atoms with Gasteiger partial charge in [-0.2, -0.15) is 15.0 Å². The minimum atomic E-state index is 0.238. The topological polar surface area (TPSA) is 101 Å². The summed E-state index contributed by atoms with van der Waals surface area (Å²) < 4.78 is 4.97. The molecule has 8 nitrogen and oxygen atoms in total. The van der Waals surface area contributed by atoms with Crippen molar-refractivity contribution in [3.63, 3.8) is 0 Å². The number of ether oxygens (including phenoxy) is 1. The van der Waals surface area contributed by atoms with Crippen molar-refractivity contribution in [1.82, 2.24) is 19.9 Å². The van der Waals surface area contributed by atoms with Crippen LogP contribution in [0.25, 0.3) is 0 Å². The van der Waals surface area contributed by atoms with Crippen LogP contribution in [0.3, 0.4) is 0 Å². The minimum absolute atomic E-state index is 0.238. The smallest absolute Gasteiger partial charge is 0.322 e. The largest absolute Gasteiger partial charge is 0.467 e. The molecule has 1 fully saturated rings. The van der Waals surface area contributed by atoms with Gasteiger partial charge in [0, 0.05) is 13.1 Å². The molecule has 0 radical (unpaired) electrons. The molecule has 2 rings (SSSR count). The van der Waals surface area contributed by atoms with Gasteiger partial charge in [0.1, 0.15) is 0 Å². The van der Waals surface area contributed by atoms with E-state index in [9.17, 15) is 0 Å². The van der Waals surface area contributed by atoms with E-state index >= 15 is 0 Å². The molecule has 0 unspecified atom stereocenters. The van der Waals surface area contributed by atoms with Crippen LogP contribution >= 0.6 is 0 Å². The van der Waals surface area contributed by atoms with Crippen LogP contribution < -0.4 is 21.3 Å². The van der Waals surface area contributed by atoms with Gasteiger partial charge >= 0.3 is 6.01 Å². The molecule has 1 saturated heterocycles. The number of nitrogen functional groups attached to an aromatic ring is 1. The molecule has 0 saturated carbocycles. The summed E-state index contributed by atoms with van der Waals surface area (Å²) in [5.74, 6) is 6.03. The summed E-state index contributed by atoms with van der Waals surface area (Å²) in [4.78, 5) is 14.5. The molecule has 0 amide bonds. The number of rotatable bonds is 6. The molecule has 100 valence electrons. The Bertz CT molecular complexity index is 358. The molecule has 0 atom stereocenters.